The number of aliphatic hydroxyl groups excluding tert-OH is 1. The Morgan fingerprint density at radius 3 is 2.00 bits per heavy atom. The van der Waals surface area contributed by atoms with Crippen molar-refractivity contribution in [2.45, 2.75) is 71.1 Å². The van der Waals surface area contributed by atoms with Crippen LogP contribution in [0.25, 0.3) is 10.9 Å². The van der Waals surface area contributed by atoms with Gasteiger partial charge < -0.3 is 36.9 Å². The first kappa shape index (κ1) is 29.8. The number of H-pyrrole nitrogens is 1. The zero-order valence-electron chi connectivity index (χ0n) is 21.8. The number of nitrogens with two attached hydrogens (primary N) is 1. The molecular weight excluding hydrogens is 478 g/mol. The van der Waals surface area contributed by atoms with Crippen LogP contribution < -0.4 is 21.7 Å². The Hall–Kier alpha value is -3.44. The number of aromatic amines is 1. The smallest absolute Gasteiger partial charge is 0.326 e. The Morgan fingerprint density at radius 2 is 1.46 bits per heavy atom. The summed E-state index contributed by atoms with van der Waals surface area (Å²) in [6.07, 6.45) is 2.86. The molecule has 0 aliphatic heterocycles. The van der Waals surface area contributed by atoms with Crippen molar-refractivity contribution < 1.29 is 29.4 Å². The minimum absolute atomic E-state index is 0.0524. The van der Waals surface area contributed by atoms with Gasteiger partial charge in [-0.25, -0.2) is 4.79 Å². The standard InChI is InChI=1S/C26H39N5O6/c1-5-14(3)21(31-25(35)22(15(4)6-2)30-23(33)18(27)13-32)24(34)29-20(26(36)37)11-16-12-28-19-10-8-7-9-17(16)19/h7-10,12,14-15,18,20-22,28,32H,5-6,11,13,27H2,1-4H3,(H,29,34)(H,30,33)(H,31,35)(H,36,37). The third-order valence-corrected chi connectivity index (χ3v) is 6.83. The number of amides is 3. The highest BCUT2D eigenvalue weighted by molar-refractivity contribution is 5.94. The Morgan fingerprint density at radius 1 is 0.919 bits per heavy atom. The first-order valence-electron chi connectivity index (χ1n) is 12.6. The number of hydrogen-bond acceptors (Lipinski definition) is 6. The average Bonchev–Trinajstić information content (AvgIpc) is 3.30. The van der Waals surface area contributed by atoms with Crippen LogP contribution in [0.2, 0.25) is 0 Å². The van der Waals surface area contributed by atoms with E-state index in [0.29, 0.717) is 12.8 Å². The number of carboxylic acids is 1. The zero-order chi connectivity index (χ0) is 27.7. The number of aliphatic hydroxyl groups is 1. The van der Waals surface area contributed by atoms with Crippen LogP contribution in [0.1, 0.15) is 46.1 Å². The molecule has 0 spiro atoms. The van der Waals surface area contributed by atoms with E-state index < -0.39 is 54.5 Å². The van der Waals surface area contributed by atoms with E-state index in [1.807, 2.05) is 38.1 Å². The number of benzene rings is 1. The first-order chi connectivity index (χ1) is 17.5. The van der Waals surface area contributed by atoms with Gasteiger partial charge in [0.05, 0.1) is 6.61 Å². The molecule has 0 saturated heterocycles. The second-order valence-corrected chi connectivity index (χ2v) is 9.50. The number of para-hydroxylation sites is 1. The molecule has 8 N–H and O–H groups in total. The Bertz CT molecular complexity index is 1090. The van der Waals surface area contributed by atoms with Crippen LogP contribution in [-0.4, -0.2) is 69.7 Å². The van der Waals surface area contributed by atoms with Gasteiger partial charge in [-0.05, 0) is 23.5 Å². The summed E-state index contributed by atoms with van der Waals surface area (Å²) in [7, 11) is 0. The van der Waals surface area contributed by atoms with Crippen molar-refractivity contribution in [3.63, 3.8) is 0 Å². The van der Waals surface area contributed by atoms with Gasteiger partial charge in [0.15, 0.2) is 0 Å². The van der Waals surface area contributed by atoms with E-state index in [4.69, 9.17) is 10.8 Å². The molecule has 1 heterocycles. The maximum Gasteiger partial charge on any atom is 0.326 e. The van der Waals surface area contributed by atoms with Crippen LogP contribution in [0.4, 0.5) is 0 Å². The number of rotatable bonds is 14. The predicted octanol–water partition coefficient (Wildman–Crippen LogP) is 0.661. The molecule has 0 radical (unpaired) electrons. The molecular formula is C26H39N5O6. The number of hydrogen-bond donors (Lipinski definition) is 7. The molecule has 37 heavy (non-hydrogen) atoms. The lowest BCUT2D eigenvalue weighted by Crippen LogP contribution is -2.60. The summed E-state index contributed by atoms with van der Waals surface area (Å²) in [5.74, 6) is -3.70. The summed E-state index contributed by atoms with van der Waals surface area (Å²) in [5.41, 5.74) is 7.18. The number of carbonyl (C=O) groups excluding carboxylic acids is 3. The van der Waals surface area contributed by atoms with E-state index in [1.165, 1.54) is 0 Å². The van der Waals surface area contributed by atoms with E-state index in [1.54, 1.807) is 20.0 Å². The largest absolute Gasteiger partial charge is 0.480 e. The van der Waals surface area contributed by atoms with E-state index >= 15 is 0 Å². The quantitative estimate of drug-likeness (QED) is 0.192. The SMILES string of the molecule is CCC(C)C(NC(=O)C(N)CO)C(=O)NC(C(=O)NC(Cc1c[nH]c2ccccc12)C(=O)O)C(C)CC. The van der Waals surface area contributed by atoms with E-state index in [-0.39, 0.29) is 18.3 Å². The molecule has 0 bridgehead atoms. The summed E-state index contributed by atoms with van der Waals surface area (Å²) >= 11 is 0. The molecule has 11 heteroatoms. The van der Waals surface area contributed by atoms with Crippen molar-refractivity contribution in [1.82, 2.24) is 20.9 Å². The Labute approximate surface area is 216 Å². The highest BCUT2D eigenvalue weighted by Crippen LogP contribution is 2.19. The van der Waals surface area contributed by atoms with Gasteiger partial charge in [0.25, 0.3) is 0 Å². The fourth-order valence-corrected chi connectivity index (χ4v) is 3.97. The van der Waals surface area contributed by atoms with E-state index in [9.17, 15) is 24.3 Å². The summed E-state index contributed by atoms with van der Waals surface area (Å²) in [6, 6.07) is 3.04. The summed E-state index contributed by atoms with van der Waals surface area (Å²) < 4.78 is 0. The van der Waals surface area contributed by atoms with Crippen LogP contribution in [0.15, 0.2) is 30.5 Å². The van der Waals surface area contributed by atoms with E-state index in [0.717, 1.165) is 16.5 Å². The van der Waals surface area contributed by atoms with Crippen LogP contribution in [0.3, 0.4) is 0 Å². The lowest BCUT2D eigenvalue weighted by molar-refractivity contribution is -0.142. The Kier molecular flexibility index (Phi) is 11.1. The topological polar surface area (TPSA) is 187 Å². The van der Waals surface area contributed by atoms with Crippen molar-refractivity contribution in [3.05, 3.63) is 36.0 Å². The minimum Gasteiger partial charge on any atom is -0.480 e. The predicted molar refractivity (Wildman–Crippen MR) is 139 cm³/mol. The molecule has 1 aromatic carbocycles. The van der Waals surface area contributed by atoms with Gasteiger partial charge in [-0.2, -0.15) is 0 Å². The van der Waals surface area contributed by atoms with Crippen molar-refractivity contribution >= 4 is 34.6 Å². The molecule has 0 saturated carbocycles. The van der Waals surface area contributed by atoms with Gasteiger partial charge in [-0.3, -0.25) is 14.4 Å². The lowest BCUT2D eigenvalue weighted by atomic mass is 9.94. The summed E-state index contributed by atoms with van der Waals surface area (Å²) in [5, 5.41) is 27.7. The molecule has 3 amide bonds. The molecule has 6 atom stereocenters. The molecule has 204 valence electrons. The van der Waals surface area contributed by atoms with Gasteiger partial charge >= 0.3 is 5.97 Å². The van der Waals surface area contributed by atoms with Crippen LogP contribution >= 0.6 is 0 Å². The van der Waals surface area contributed by atoms with Crippen LogP contribution in [0, 0.1) is 11.8 Å². The Balaban J connectivity index is 2.22. The number of aromatic nitrogens is 1. The van der Waals surface area contributed by atoms with Gasteiger partial charge in [0, 0.05) is 23.5 Å². The third kappa shape index (κ3) is 7.77. The van der Waals surface area contributed by atoms with Crippen molar-refractivity contribution in [2.24, 2.45) is 17.6 Å². The molecule has 0 fully saturated rings. The maximum atomic E-state index is 13.3. The molecule has 0 aliphatic carbocycles. The van der Waals surface area contributed by atoms with Crippen molar-refractivity contribution in [3.8, 4) is 0 Å². The summed E-state index contributed by atoms with van der Waals surface area (Å²) in [4.78, 5) is 53.9. The van der Waals surface area contributed by atoms with Crippen molar-refractivity contribution in [2.75, 3.05) is 6.61 Å². The molecule has 1 aromatic heterocycles. The molecule has 2 aromatic rings. The molecule has 0 aliphatic rings. The molecule has 2 rings (SSSR count). The second-order valence-electron chi connectivity index (χ2n) is 9.50. The lowest BCUT2D eigenvalue weighted by Gasteiger charge is -2.30. The highest BCUT2D eigenvalue weighted by Gasteiger charge is 2.34. The monoisotopic (exact) mass is 517 g/mol. The number of nitrogens with one attached hydrogen (secondary N) is 4. The maximum absolute atomic E-state index is 13.3. The average molecular weight is 518 g/mol. The number of fused-ring (bicyclic) bond motifs is 1. The zero-order valence-corrected chi connectivity index (χ0v) is 21.8. The molecule has 6 unspecified atom stereocenters. The van der Waals surface area contributed by atoms with Gasteiger partial charge in [-0.15, -0.1) is 0 Å². The summed E-state index contributed by atoms with van der Waals surface area (Å²) in [6.45, 7) is 6.68. The fraction of sp³-hybridized carbons (Fsp3) is 0.538. The normalized spacial score (nSPS) is 16.2. The van der Waals surface area contributed by atoms with Gasteiger partial charge in [0.1, 0.15) is 24.2 Å². The third-order valence-electron chi connectivity index (χ3n) is 6.83. The molecule has 11 nitrogen and oxygen atoms in total. The van der Waals surface area contributed by atoms with Gasteiger partial charge in [-0.1, -0.05) is 58.7 Å². The van der Waals surface area contributed by atoms with Crippen LogP contribution in [-0.2, 0) is 25.6 Å². The van der Waals surface area contributed by atoms with Gasteiger partial charge in [0.2, 0.25) is 17.7 Å². The first-order valence-corrected chi connectivity index (χ1v) is 12.6. The number of aliphatic carboxylic acids is 1. The fourth-order valence-electron chi connectivity index (χ4n) is 3.97. The van der Waals surface area contributed by atoms with Crippen LogP contribution in [0.5, 0.6) is 0 Å². The van der Waals surface area contributed by atoms with Crippen molar-refractivity contribution in [1.29, 1.82) is 0 Å². The second kappa shape index (κ2) is 13.8. The number of carbonyl (C=O) groups is 4. The number of carboxylic acid groups (broad SMARTS) is 1. The highest BCUT2D eigenvalue weighted by atomic mass is 16.4. The minimum atomic E-state index is -1.22. The van der Waals surface area contributed by atoms with E-state index in [2.05, 4.69) is 20.9 Å².